The van der Waals surface area contributed by atoms with Crippen LogP contribution in [0.2, 0.25) is 0 Å². The molecule has 0 aliphatic carbocycles. The van der Waals surface area contributed by atoms with Gasteiger partial charge in [-0.2, -0.15) is 4.98 Å². The first-order valence-corrected chi connectivity index (χ1v) is 8.89. The molecule has 0 saturated carbocycles. The molecule has 1 atom stereocenters. The number of anilines is 1. The Labute approximate surface area is 143 Å². The minimum Gasteiger partial charge on any atom is -0.339 e. The molecule has 0 bridgehead atoms. The van der Waals surface area contributed by atoms with Crippen molar-refractivity contribution >= 4 is 22.9 Å². The molecule has 0 spiro atoms. The first-order chi connectivity index (χ1) is 11.7. The number of hydrogen-bond acceptors (Lipinski definition) is 5. The lowest BCUT2D eigenvalue weighted by atomic mass is 10.1. The molecular formula is C18H17N3O2S. The molecule has 1 saturated heterocycles. The van der Waals surface area contributed by atoms with Crippen LogP contribution >= 0.6 is 11.3 Å². The van der Waals surface area contributed by atoms with E-state index in [2.05, 4.69) is 29.2 Å². The van der Waals surface area contributed by atoms with E-state index in [1.54, 1.807) is 16.2 Å². The number of benzene rings is 1. The number of carbonyl (C=O) groups excluding carboxylic acids is 1. The van der Waals surface area contributed by atoms with Crippen molar-refractivity contribution in [2.75, 3.05) is 11.4 Å². The molecule has 2 aromatic heterocycles. The summed E-state index contributed by atoms with van der Waals surface area (Å²) < 4.78 is 5.41. The molecule has 3 aromatic rings. The molecule has 1 aliphatic heterocycles. The van der Waals surface area contributed by atoms with E-state index in [0.717, 1.165) is 17.0 Å². The smallest absolute Gasteiger partial charge is 0.232 e. The fourth-order valence-electron chi connectivity index (χ4n) is 2.94. The van der Waals surface area contributed by atoms with E-state index < -0.39 is 0 Å². The predicted molar refractivity (Wildman–Crippen MR) is 93.1 cm³/mol. The lowest BCUT2D eigenvalue weighted by Crippen LogP contribution is -2.24. The van der Waals surface area contributed by atoms with Crippen LogP contribution in [-0.4, -0.2) is 22.6 Å². The van der Waals surface area contributed by atoms with E-state index >= 15 is 0 Å². The van der Waals surface area contributed by atoms with Gasteiger partial charge in [-0.3, -0.25) is 4.79 Å². The highest BCUT2D eigenvalue weighted by molar-refractivity contribution is 7.13. The summed E-state index contributed by atoms with van der Waals surface area (Å²) in [4.78, 5) is 19.6. The van der Waals surface area contributed by atoms with Crippen LogP contribution in [0.5, 0.6) is 0 Å². The Morgan fingerprint density at radius 2 is 2.12 bits per heavy atom. The summed E-state index contributed by atoms with van der Waals surface area (Å²) in [7, 11) is 0. The average Bonchev–Trinajstić information content (AvgIpc) is 3.34. The second-order valence-corrected chi connectivity index (χ2v) is 6.81. The van der Waals surface area contributed by atoms with Crippen molar-refractivity contribution in [3.05, 3.63) is 53.2 Å². The largest absolute Gasteiger partial charge is 0.339 e. The minimum absolute atomic E-state index is 0.0513. The zero-order valence-electron chi connectivity index (χ0n) is 13.3. The van der Waals surface area contributed by atoms with Gasteiger partial charge in [-0.05, 0) is 35.6 Å². The van der Waals surface area contributed by atoms with Crippen molar-refractivity contribution in [2.24, 2.45) is 0 Å². The number of aromatic nitrogens is 2. The van der Waals surface area contributed by atoms with Crippen LogP contribution in [0.3, 0.4) is 0 Å². The monoisotopic (exact) mass is 339 g/mol. The van der Waals surface area contributed by atoms with Gasteiger partial charge in [0.15, 0.2) is 0 Å². The zero-order chi connectivity index (χ0) is 16.5. The summed E-state index contributed by atoms with van der Waals surface area (Å²) in [5.74, 6) is 1.18. The summed E-state index contributed by atoms with van der Waals surface area (Å²) in [6.45, 7) is 2.70. The molecule has 3 heterocycles. The third-order valence-electron chi connectivity index (χ3n) is 4.31. The van der Waals surface area contributed by atoms with Crippen LogP contribution < -0.4 is 4.90 Å². The van der Waals surface area contributed by atoms with Gasteiger partial charge in [-0.15, -0.1) is 11.3 Å². The minimum atomic E-state index is -0.0513. The van der Waals surface area contributed by atoms with Crippen molar-refractivity contribution in [1.82, 2.24) is 10.1 Å². The lowest BCUT2D eigenvalue weighted by Gasteiger charge is -2.16. The first-order valence-electron chi connectivity index (χ1n) is 8.01. The van der Waals surface area contributed by atoms with Crippen molar-refractivity contribution in [3.63, 3.8) is 0 Å². The van der Waals surface area contributed by atoms with Crippen molar-refractivity contribution < 1.29 is 9.32 Å². The van der Waals surface area contributed by atoms with Crippen molar-refractivity contribution in [2.45, 2.75) is 25.7 Å². The maximum Gasteiger partial charge on any atom is 0.232 e. The summed E-state index contributed by atoms with van der Waals surface area (Å²) in [6, 6.07) is 12.1. The van der Waals surface area contributed by atoms with Gasteiger partial charge in [0.1, 0.15) is 0 Å². The van der Waals surface area contributed by atoms with Crippen LogP contribution in [0.4, 0.5) is 5.69 Å². The van der Waals surface area contributed by atoms with Crippen LogP contribution in [-0.2, 0) is 11.2 Å². The number of rotatable bonds is 4. The average molecular weight is 339 g/mol. The highest BCUT2D eigenvalue weighted by Gasteiger charge is 2.35. The van der Waals surface area contributed by atoms with E-state index in [4.69, 9.17) is 4.52 Å². The number of nitrogens with zero attached hydrogens (tertiary/aromatic N) is 3. The van der Waals surface area contributed by atoms with E-state index in [1.165, 1.54) is 5.56 Å². The number of amides is 1. The SMILES string of the molecule is CCc1ccc(N2CC(c3nc(-c4cccs4)no3)CC2=O)cc1. The Balaban J connectivity index is 1.53. The Morgan fingerprint density at radius 3 is 2.83 bits per heavy atom. The molecule has 0 N–H and O–H groups in total. The Morgan fingerprint density at radius 1 is 1.29 bits per heavy atom. The van der Waals surface area contributed by atoms with Gasteiger partial charge in [-0.1, -0.05) is 30.3 Å². The molecule has 1 aromatic carbocycles. The first kappa shape index (κ1) is 15.1. The Bertz CT molecular complexity index is 840. The third-order valence-corrected chi connectivity index (χ3v) is 5.18. The van der Waals surface area contributed by atoms with E-state index in [9.17, 15) is 4.79 Å². The Hall–Kier alpha value is -2.47. The van der Waals surface area contributed by atoms with Crippen LogP contribution in [0, 0.1) is 0 Å². The van der Waals surface area contributed by atoms with E-state index in [0.29, 0.717) is 24.7 Å². The summed E-state index contributed by atoms with van der Waals surface area (Å²) >= 11 is 1.57. The van der Waals surface area contributed by atoms with Gasteiger partial charge in [0.25, 0.3) is 0 Å². The third kappa shape index (κ3) is 2.73. The van der Waals surface area contributed by atoms with Gasteiger partial charge in [0.2, 0.25) is 17.6 Å². The summed E-state index contributed by atoms with van der Waals surface area (Å²) in [5, 5.41) is 6.02. The second-order valence-electron chi connectivity index (χ2n) is 5.86. The molecular weight excluding hydrogens is 322 g/mol. The fourth-order valence-corrected chi connectivity index (χ4v) is 3.59. The quantitative estimate of drug-likeness (QED) is 0.724. The molecule has 6 heteroatoms. The normalized spacial score (nSPS) is 17.6. The molecule has 1 aliphatic rings. The summed E-state index contributed by atoms with van der Waals surface area (Å²) in [6.07, 6.45) is 1.39. The van der Waals surface area contributed by atoms with Gasteiger partial charge < -0.3 is 9.42 Å². The van der Waals surface area contributed by atoms with E-state index in [-0.39, 0.29) is 11.8 Å². The van der Waals surface area contributed by atoms with Crippen molar-refractivity contribution in [1.29, 1.82) is 0 Å². The van der Waals surface area contributed by atoms with Crippen LogP contribution in [0.25, 0.3) is 10.7 Å². The summed E-state index contributed by atoms with van der Waals surface area (Å²) in [5.41, 5.74) is 2.19. The van der Waals surface area contributed by atoms with Gasteiger partial charge in [-0.25, -0.2) is 0 Å². The van der Waals surface area contributed by atoms with Gasteiger partial charge in [0.05, 0.1) is 10.8 Å². The molecule has 1 fully saturated rings. The van der Waals surface area contributed by atoms with Crippen molar-refractivity contribution in [3.8, 4) is 10.7 Å². The molecule has 4 rings (SSSR count). The molecule has 0 radical (unpaired) electrons. The highest BCUT2D eigenvalue weighted by Crippen LogP contribution is 2.32. The molecule has 122 valence electrons. The molecule has 1 amide bonds. The van der Waals surface area contributed by atoms with Gasteiger partial charge in [0, 0.05) is 18.7 Å². The maximum absolute atomic E-state index is 12.4. The number of carbonyl (C=O) groups is 1. The lowest BCUT2D eigenvalue weighted by molar-refractivity contribution is -0.117. The fraction of sp³-hybridized carbons (Fsp3) is 0.278. The van der Waals surface area contributed by atoms with E-state index in [1.807, 2.05) is 29.6 Å². The number of aryl methyl sites for hydroxylation is 1. The number of thiophene rings is 1. The highest BCUT2D eigenvalue weighted by atomic mass is 32.1. The number of hydrogen-bond donors (Lipinski definition) is 0. The zero-order valence-corrected chi connectivity index (χ0v) is 14.1. The maximum atomic E-state index is 12.4. The standard InChI is InChI=1S/C18H17N3O2S/c1-2-12-5-7-14(8-6-12)21-11-13(10-16(21)22)18-19-17(20-23-18)15-4-3-9-24-15/h3-9,13H,2,10-11H2,1H3. The topological polar surface area (TPSA) is 59.2 Å². The molecule has 1 unspecified atom stereocenters. The Kier molecular flexibility index (Phi) is 3.90. The molecule has 24 heavy (non-hydrogen) atoms. The van der Waals surface area contributed by atoms with Crippen LogP contribution in [0.1, 0.15) is 30.7 Å². The molecule has 5 nitrogen and oxygen atoms in total. The predicted octanol–water partition coefficient (Wildman–Crippen LogP) is 3.88. The van der Waals surface area contributed by atoms with Gasteiger partial charge >= 0.3 is 0 Å². The second kappa shape index (κ2) is 6.20. The van der Waals surface area contributed by atoms with Crippen LogP contribution in [0.15, 0.2) is 46.3 Å².